The molecule has 6 heteroatoms. The number of aliphatic hydroxyl groups is 1. The molecule has 170 valence electrons. The second kappa shape index (κ2) is 20.5. The number of nitrogens with one attached hydrogen (secondary N) is 1. The number of rotatable bonds is 22. The van der Waals surface area contributed by atoms with Crippen LogP contribution in [0.3, 0.4) is 0 Å². The highest BCUT2D eigenvalue weighted by atomic mass is 32.2. The van der Waals surface area contributed by atoms with Crippen molar-refractivity contribution in [3.05, 3.63) is 0 Å². The zero-order valence-electron chi connectivity index (χ0n) is 18.6. The van der Waals surface area contributed by atoms with E-state index in [1.165, 1.54) is 103 Å². The summed E-state index contributed by atoms with van der Waals surface area (Å²) < 4.78 is 24.8. The van der Waals surface area contributed by atoms with Crippen molar-refractivity contribution in [2.45, 2.75) is 116 Å². The Morgan fingerprint density at radius 2 is 1.14 bits per heavy atom. The zero-order valence-corrected chi connectivity index (χ0v) is 20.2. The average Bonchev–Trinajstić information content (AvgIpc) is 2.65. The van der Waals surface area contributed by atoms with Gasteiger partial charge in [0.05, 0.1) is 18.9 Å². The highest BCUT2D eigenvalue weighted by molar-refractivity contribution is 7.99. The molecule has 0 fully saturated rings. The van der Waals surface area contributed by atoms with Crippen molar-refractivity contribution < 1.29 is 13.5 Å². The molecule has 0 bridgehead atoms. The van der Waals surface area contributed by atoms with E-state index in [0.717, 1.165) is 12.0 Å². The highest BCUT2D eigenvalue weighted by Gasteiger charge is 2.12. The van der Waals surface area contributed by atoms with Gasteiger partial charge >= 0.3 is 0 Å². The first kappa shape index (κ1) is 28.2. The van der Waals surface area contributed by atoms with E-state index in [1.807, 2.05) is 0 Å². The molecular formula is C22H47NO3S2. The maximum atomic E-state index is 11.2. The Bertz CT molecular complexity index is 416. The van der Waals surface area contributed by atoms with Crippen LogP contribution < -0.4 is 4.72 Å². The van der Waals surface area contributed by atoms with E-state index < -0.39 is 10.0 Å². The Labute approximate surface area is 180 Å². The lowest BCUT2D eigenvalue weighted by Crippen LogP contribution is -2.38. The molecule has 0 saturated carbocycles. The lowest BCUT2D eigenvalue weighted by Gasteiger charge is -2.14. The summed E-state index contributed by atoms with van der Waals surface area (Å²) >= 11 is 1.73. The average molecular weight is 438 g/mol. The molecule has 0 saturated heterocycles. The summed E-state index contributed by atoms with van der Waals surface area (Å²) in [4.78, 5) is 0. The molecule has 1 unspecified atom stereocenters. The second-order valence-electron chi connectivity index (χ2n) is 8.15. The van der Waals surface area contributed by atoms with Crippen LogP contribution in [-0.2, 0) is 10.0 Å². The fourth-order valence-corrected chi connectivity index (χ4v) is 5.32. The van der Waals surface area contributed by atoms with Crippen LogP contribution in [0.1, 0.15) is 110 Å². The first-order valence-electron chi connectivity index (χ1n) is 11.7. The molecule has 0 aliphatic heterocycles. The molecule has 0 aliphatic carbocycles. The number of aliphatic hydroxyl groups excluding tert-OH is 1. The normalized spacial score (nSPS) is 13.1. The van der Waals surface area contributed by atoms with Crippen LogP contribution in [0.4, 0.5) is 0 Å². The third kappa shape index (κ3) is 22.5. The van der Waals surface area contributed by atoms with E-state index in [4.69, 9.17) is 0 Å². The van der Waals surface area contributed by atoms with Gasteiger partial charge in [0.2, 0.25) is 10.0 Å². The smallest absolute Gasteiger partial charge is 0.209 e. The van der Waals surface area contributed by atoms with Gasteiger partial charge in [-0.3, -0.25) is 0 Å². The van der Waals surface area contributed by atoms with Crippen LogP contribution in [0.2, 0.25) is 0 Å². The van der Waals surface area contributed by atoms with E-state index in [1.54, 1.807) is 11.8 Å². The molecule has 0 aliphatic rings. The van der Waals surface area contributed by atoms with Gasteiger partial charge in [-0.15, -0.1) is 0 Å². The number of thioether (sulfide) groups is 1. The first-order chi connectivity index (χ1) is 13.5. The molecule has 0 radical (unpaired) electrons. The molecule has 0 aromatic rings. The van der Waals surface area contributed by atoms with Crippen LogP contribution >= 0.6 is 11.8 Å². The lowest BCUT2D eigenvalue weighted by atomic mass is 10.0. The van der Waals surface area contributed by atoms with Gasteiger partial charge in [0.1, 0.15) is 0 Å². The van der Waals surface area contributed by atoms with Crippen molar-refractivity contribution >= 4 is 21.8 Å². The molecule has 1 atom stereocenters. The maximum Gasteiger partial charge on any atom is 0.209 e. The summed E-state index contributed by atoms with van der Waals surface area (Å²) in [7, 11) is -3.23. The fourth-order valence-electron chi connectivity index (χ4n) is 3.40. The molecule has 0 heterocycles. The van der Waals surface area contributed by atoms with Crippen LogP contribution in [0.5, 0.6) is 0 Å². The van der Waals surface area contributed by atoms with Gasteiger partial charge in [0.25, 0.3) is 0 Å². The highest BCUT2D eigenvalue weighted by Crippen LogP contribution is 2.14. The molecule has 2 N–H and O–H groups in total. The Kier molecular flexibility index (Phi) is 20.7. The molecule has 0 rings (SSSR count). The quantitative estimate of drug-likeness (QED) is 0.207. The number of hydrogen-bond donors (Lipinski definition) is 2. The van der Waals surface area contributed by atoms with Crippen molar-refractivity contribution in [1.82, 2.24) is 4.72 Å². The van der Waals surface area contributed by atoms with Crippen LogP contribution in [0, 0.1) is 0 Å². The minimum absolute atomic E-state index is 0.140. The standard InChI is InChI=1S/C22H47NO3S2/c1-3-4-5-6-7-8-9-10-11-12-13-14-15-16-17-18-19-27-21-22(20-24)23-28(2,25)26/h22-24H,3-21H2,1-2H3. The first-order valence-corrected chi connectivity index (χ1v) is 14.7. The second-order valence-corrected chi connectivity index (χ2v) is 11.1. The molecule has 0 amide bonds. The van der Waals surface area contributed by atoms with E-state index in [-0.39, 0.29) is 12.6 Å². The minimum Gasteiger partial charge on any atom is -0.395 e. The minimum atomic E-state index is -3.23. The van der Waals surface area contributed by atoms with Gasteiger partial charge in [-0.25, -0.2) is 13.1 Å². The summed E-state index contributed by atoms with van der Waals surface area (Å²) in [6.07, 6.45) is 23.2. The largest absolute Gasteiger partial charge is 0.395 e. The van der Waals surface area contributed by atoms with E-state index in [2.05, 4.69) is 11.6 Å². The van der Waals surface area contributed by atoms with E-state index in [0.29, 0.717) is 5.75 Å². The van der Waals surface area contributed by atoms with Gasteiger partial charge in [0, 0.05) is 5.75 Å². The van der Waals surface area contributed by atoms with Crippen molar-refractivity contribution in [3.63, 3.8) is 0 Å². The summed E-state index contributed by atoms with van der Waals surface area (Å²) in [5.41, 5.74) is 0. The Hall–Kier alpha value is 0.220. The third-order valence-corrected chi connectivity index (χ3v) is 7.04. The fraction of sp³-hybridized carbons (Fsp3) is 1.00. The molecule has 0 aromatic carbocycles. The predicted molar refractivity (Wildman–Crippen MR) is 126 cm³/mol. The number of hydrogen-bond acceptors (Lipinski definition) is 4. The van der Waals surface area contributed by atoms with Crippen molar-refractivity contribution in [1.29, 1.82) is 0 Å². The van der Waals surface area contributed by atoms with Crippen LogP contribution in [-0.4, -0.2) is 43.9 Å². The molecule has 4 nitrogen and oxygen atoms in total. The molecule has 0 aromatic heterocycles. The predicted octanol–water partition coefficient (Wildman–Crippen LogP) is 5.89. The van der Waals surface area contributed by atoms with Crippen LogP contribution in [0.15, 0.2) is 0 Å². The SMILES string of the molecule is CCCCCCCCCCCCCCCCCCSCC(CO)NS(C)(=O)=O. The van der Waals surface area contributed by atoms with Gasteiger partial charge in [0.15, 0.2) is 0 Å². The maximum absolute atomic E-state index is 11.2. The molecule has 28 heavy (non-hydrogen) atoms. The van der Waals surface area contributed by atoms with Gasteiger partial charge in [-0.1, -0.05) is 103 Å². The summed E-state index contributed by atoms with van der Waals surface area (Å²) in [6, 6.07) is -0.360. The van der Waals surface area contributed by atoms with Gasteiger partial charge < -0.3 is 5.11 Å². The van der Waals surface area contributed by atoms with Gasteiger partial charge in [-0.2, -0.15) is 11.8 Å². The van der Waals surface area contributed by atoms with Crippen LogP contribution in [0.25, 0.3) is 0 Å². The summed E-state index contributed by atoms with van der Waals surface area (Å²) in [6.45, 7) is 2.14. The topological polar surface area (TPSA) is 66.4 Å². The zero-order chi connectivity index (χ0) is 20.9. The lowest BCUT2D eigenvalue weighted by molar-refractivity contribution is 0.267. The van der Waals surface area contributed by atoms with E-state index in [9.17, 15) is 13.5 Å². The molecular weight excluding hydrogens is 390 g/mol. The van der Waals surface area contributed by atoms with Crippen molar-refractivity contribution in [2.24, 2.45) is 0 Å². The van der Waals surface area contributed by atoms with Crippen molar-refractivity contribution in [3.8, 4) is 0 Å². The number of unbranched alkanes of at least 4 members (excludes halogenated alkanes) is 15. The van der Waals surface area contributed by atoms with Crippen molar-refractivity contribution in [2.75, 3.05) is 24.4 Å². The summed E-state index contributed by atoms with van der Waals surface area (Å²) in [5.74, 6) is 1.68. The Morgan fingerprint density at radius 3 is 1.50 bits per heavy atom. The third-order valence-electron chi connectivity index (χ3n) is 5.06. The Balaban J connectivity index is 3.21. The molecule has 0 spiro atoms. The Morgan fingerprint density at radius 1 is 0.750 bits per heavy atom. The number of sulfonamides is 1. The van der Waals surface area contributed by atoms with E-state index >= 15 is 0 Å². The summed E-state index contributed by atoms with van der Waals surface area (Å²) in [5, 5.41) is 9.19. The monoisotopic (exact) mass is 437 g/mol. The van der Waals surface area contributed by atoms with Gasteiger partial charge in [-0.05, 0) is 12.2 Å².